The summed E-state index contributed by atoms with van der Waals surface area (Å²) in [5.41, 5.74) is 1.28. The van der Waals surface area contributed by atoms with E-state index in [9.17, 15) is 18.0 Å². The van der Waals surface area contributed by atoms with Gasteiger partial charge in [0.25, 0.3) is 5.91 Å². The highest BCUT2D eigenvalue weighted by molar-refractivity contribution is 5.79. The minimum Gasteiger partial charge on any atom is -0.342 e. The maximum absolute atomic E-state index is 12.2. The second-order valence-corrected chi connectivity index (χ2v) is 6.13. The third-order valence-corrected chi connectivity index (χ3v) is 4.37. The summed E-state index contributed by atoms with van der Waals surface area (Å²) >= 11 is 0. The molecule has 1 aromatic carbocycles. The maximum Gasteiger partial charge on any atom is 0.405 e. The van der Waals surface area contributed by atoms with Gasteiger partial charge >= 0.3 is 6.18 Å². The van der Waals surface area contributed by atoms with Crippen molar-refractivity contribution >= 4 is 5.91 Å². The summed E-state index contributed by atoms with van der Waals surface area (Å²) in [5, 5.41) is 1.98. The van der Waals surface area contributed by atoms with Crippen molar-refractivity contribution in [3.05, 3.63) is 35.9 Å². The molecule has 0 aliphatic carbocycles. The minimum atomic E-state index is -4.36. The van der Waals surface area contributed by atoms with Gasteiger partial charge in [-0.15, -0.1) is 0 Å². The molecule has 1 fully saturated rings. The van der Waals surface area contributed by atoms with Crippen molar-refractivity contribution in [1.82, 2.24) is 5.32 Å². The van der Waals surface area contributed by atoms with Gasteiger partial charge in [0.1, 0.15) is 39.3 Å². The Morgan fingerprint density at radius 2 is 1.78 bits per heavy atom. The number of carbonyl (C=O) groups excluding carboxylic acids is 1. The first-order valence-corrected chi connectivity index (χ1v) is 7.91. The summed E-state index contributed by atoms with van der Waals surface area (Å²) in [6, 6.07) is 9.77. The lowest BCUT2D eigenvalue weighted by Crippen LogP contribution is -3.29. The van der Waals surface area contributed by atoms with E-state index in [0.717, 1.165) is 37.6 Å². The molecule has 0 bridgehead atoms. The van der Waals surface area contributed by atoms with Crippen LogP contribution in [-0.4, -0.2) is 50.8 Å². The average Bonchev–Trinajstić information content (AvgIpc) is 2.53. The van der Waals surface area contributed by atoms with Crippen LogP contribution in [0.4, 0.5) is 13.2 Å². The molecule has 0 spiro atoms. The smallest absolute Gasteiger partial charge is 0.342 e. The number of carbonyl (C=O) groups is 1. The first-order chi connectivity index (χ1) is 10.8. The number of alkyl halides is 3. The molecule has 0 saturated carbocycles. The molecule has 0 radical (unpaired) electrons. The first-order valence-electron chi connectivity index (χ1n) is 7.91. The highest BCUT2D eigenvalue weighted by atomic mass is 19.4. The first kappa shape index (κ1) is 17.7. The number of nitrogens with one attached hydrogen (secondary N) is 3. The van der Waals surface area contributed by atoms with Crippen LogP contribution in [0.5, 0.6) is 0 Å². The largest absolute Gasteiger partial charge is 0.405 e. The van der Waals surface area contributed by atoms with Gasteiger partial charge in [0.2, 0.25) is 0 Å². The summed E-state index contributed by atoms with van der Waals surface area (Å²) in [6.45, 7) is 4.81. The number of benzene rings is 1. The number of piperazine rings is 1. The van der Waals surface area contributed by atoms with Crippen molar-refractivity contribution in [2.45, 2.75) is 25.7 Å². The quantitative estimate of drug-likeness (QED) is 0.639. The standard InChI is InChI=1S/C16H22F3N3O/c1-13(15(23)20-12-16(17,18)19)22-9-7-21(8-10-22)11-14-5-3-2-4-6-14/h2-6,13H,7-12H2,1H3,(H,20,23)/p+2/t13-/m1/s1. The zero-order chi connectivity index (χ0) is 16.9. The highest BCUT2D eigenvalue weighted by Gasteiger charge is 2.33. The van der Waals surface area contributed by atoms with Gasteiger partial charge in [-0.3, -0.25) is 4.79 Å². The molecule has 1 aliphatic heterocycles. The van der Waals surface area contributed by atoms with Crippen molar-refractivity contribution in [3.8, 4) is 0 Å². The predicted octanol–water partition coefficient (Wildman–Crippen LogP) is -0.963. The van der Waals surface area contributed by atoms with E-state index in [4.69, 9.17) is 0 Å². The van der Waals surface area contributed by atoms with Crippen LogP contribution < -0.4 is 15.1 Å². The molecule has 128 valence electrons. The molecular formula is C16H24F3N3O+2. The summed E-state index contributed by atoms with van der Waals surface area (Å²) < 4.78 is 36.5. The second-order valence-electron chi connectivity index (χ2n) is 6.13. The van der Waals surface area contributed by atoms with Gasteiger partial charge in [0.15, 0.2) is 6.04 Å². The molecule has 3 N–H and O–H groups in total. The Balaban J connectivity index is 1.76. The molecule has 4 nitrogen and oxygen atoms in total. The Bertz CT molecular complexity index is 499. The Morgan fingerprint density at radius 3 is 2.35 bits per heavy atom. The fourth-order valence-electron chi connectivity index (χ4n) is 2.94. The lowest BCUT2D eigenvalue weighted by molar-refractivity contribution is -1.02. The monoisotopic (exact) mass is 331 g/mol. The van der Waals surface area contributed by atoms with Crippen LogP contribution in [0.25, 0.3) is 0 Å². The number of halogens is 3. The predicted molar refractivity (Wildman–Crippen MR) is 80.1 cm³/mol. The number of quaternary nitrogens is 2. The summed E-state index contributed by atoms with van der Waals surface area (Å²) in [5.74, 6) is -0.524. The third kappa shape index (κ3) is 5.84. The molecule has 2 rings (SSSR count). The zero-order valence-electron chi connectivity index (χ0n) is 13.2. The van der Waals surface area contributed by atoms with E-state index in [-0.39, 0.29) is 0 Å². The summed E-state index contributed by atoms with van der Waals surface area (Å²) in [4.78, 5) is 14.3. The minimum absolute atomic E-state index is 0.448. The van der Waals surface area contributed by atoms with E-state index in [1.165, 1.54) is 10.5 Å². The van der Waals surface area contributed by atoms with Crippen LogP contribution in [-0.2, 0) is 11.3 Å². The average molecular weight is 331 g/mol. The maximum atomic E-state index is 12.2. The van der Waals surface area contributed by atoms with Crippen molar-refractivity contribution in [1.29, 1.82) is 0 Å². The molecule has 1 atom stereocenters. The van der Waals surface area contributed by atoms with Crippen LogP contribution in [0.2, 0.25) is 0 Å². The Labute approximate surface area is 134 Å². The van der Waals surface area contributed by atoms with Crippen molar-refractivity contribution < 1.29 is 27.8 Å². The van der Waals surface area contributed by atoms with Gasteiger partial charge in [-0.25, -0.2) is 0 Å². The van der Waals surface area contributed by atoms with Gasteiger partial charge in [-0.2, -0.15) is 13.2 Å². The van der Waals surface area contributed by atoms with E-state index in [1.807, 2.05) is 23.5 Å². The lowest BCUT2D eigenvalue weighted by Gasteiger charge is -2.32. The van der Waals surface area contributed by atoms with Crippen molar-refractivity contribution in [3.63, 3.8) is 0 Å². The fourth-order valence-corrected chi connectivity index (χ4v) is 2.94. The fraction of sp³-hybridized carbons (Fsp3) is 0.562. The molecule has 0 aromatic heterocycles. The van der Waals surface area contributed by atoms with Crippen LogP contribution >= 0.6 is 0 Å². The van der Waals surface area contributed by atoms with E-state index < -0.39 is 24.7 Å². The molecular weight excluding hydrogens is 307 g/mol. The molecule has 1 amide bonds. The SMILES string of the molecule is C[C@H](C(=O)NCC(F)(F)F)[NH+]1CC[NH+](Cc2ccccc2)CC1. The molecule has 1 saturated heterocycles. The van der Waals surface area contributed by atoms with Crippen LogP contribution in [0.3, 0.4) is 0 Å². The molecule has 1 aromatic rings. The van der Waals surface area contributed by atoms with Crippen LogP contribution in [0.15, 0.2) is 30.3 Å². The molecule has 23 heavy (non-hydrogen) atoms. The third-order valence-electron chi connectivity index (χ3n) is 4.37. The topological polar surface area (TPSA) is 38.0 Å². The summed E-state index contributed by atoms with van der Waals surface area (Å²) in [6.07, 6.45) is -4.36. The molecule has 1 aliphatic rings. The number of hydrogen-bond acceptors (Lipinski definition) is 1. The lowest BCUT2D eigenvalue weighted by atomic mass is 10.1. The van der Waals surface area contributed by atoms with Gasteiger partial charge < -0.3 is 15.1 Å². The van der Waals surface area contributed by atoms with Gasteiger partial charge in [0, 0.05) is 5.56 Å². The normalized spacial score (nSPS) is 23.3. The number of rotatable bonds is 5. The highest BCUT2D eigenvalue weighted by Crippen LogP contribution is 2.11. The molecule has 1 heterocycles. The zero-order valence-corrected chi connectivity index (χ0v) is 13.2. The number of hydrogen-bond donors (Lipinski definition) is 3. The Hall–Kier alpha value is -1.60. The number of amides is 1. The van der Waals surface area contributed by atoms with Crippen molar-refractivity contribution in [2.24, 2.45) is 0 Å². The van der Waals surface area contributed by atoms with E-state index in [2.05, 4.69) is 12.1 Å². The van der Waals surface area contributed by atoms with Gasteiger partial charge in [0.05, 0.1) is 0 Å². The van der Waals surface area contributed by atoms with Crippen LogP contribution in [0.1, 0.15) is 12.5 Å². The van der Waals surface area contributed by atoms with E-state index >= 15 is 0 Å². The van der Waals surface area contributed by atoms with E-state index in [0.29, 0.717) is 0 Å². The summed E-state index contributed by atoms with van der Waals surface area (Å²) in [7, 11) is 0. The van der Waals surface area contributed by atoms with Crippen molar-refractivity contribution in [2.75, 3.05) is 32.7 Å². The Kier molecular flexibility index (Phi) is 6.01. The van der Waals surface area contributed by atoms with Gasteiger partial charge in [-0.05, 0) is 6.92 Å². The Morgan fingerprint density at radius 1 is 1.17 bits per heavy atom. The van der Waals surface area contributed by atoms with Gasteiger partial charge in [-0.1, -0.05) is 30.3 Å². The molecule has 7 heteroatoms. The van der Waals surface area contributed by atoms with Crippen LogP contribution in [0, 0.1) is 0 Å². The van der Waals surface area contributed by atoms with E-state index in [1.54, 1.807) is 6.92 Å². The molecule has 0 unspecified atom stereocenters. The second kappa shape index (κ2) is 7.79.